The van der Waals surface area contributed by atoms with Crippen molar-refractivity contribution in [3.63, 3.8) is 0 Å². The lowest BCUT2D eigenvalue weighted by Gasteiger charge is -2.20. The molecular formula is C68H61N. The van der Waals surface area contributed by atoms with E-state index in [1.165, 1.54) is 94.6 Å². The molecule has 0 saturated heterocycles. The predicted octanol–water partition coefficient (Wildman–Crippen LogP) is 16.8. The molecule has 11 rings (SSSR count). The summed E-state index contributed by atoms with van der Waals surface area (Å²) in [4.78, 5) is 4.33. The SMILES string of the molecule is C#C.C1=CC(c2ccc(-c3cccc4c3Cc3ccccc3-4)cc2)CC2=C1Cc1ccccc12.C=C(c1ccccc1)c1cccc2c1CC(/C=C\CC)=C2C.CC#CCN=C(C)c1ccccc1. The van der Waals surface area contributed by atoms with Crippen molar-refractivity contribution in [2.75, 3.05) is 6.54 Å². The van der Waals surface area contributed by atoms with Gasteiger partial charge in [0.1, 0.15) is 6.54 Å². The Kier molecular flexibility index (Phi) is 15.6. The van der Waals surface area contributed by atoms with Crippen LogP contribution in [0.5, 0.6) is 0 Å². The average Bonchev–Trinajstić information content (AvgIpc) is 4.10. The molecule has 0 bridgehead atoms. The molecule has 0 spiro atoms. The van der Waals surface area contributed by atoms with Crippen LogP contribution in [0.15, 0.2) is 217 Å². The molecule has 0 aromatic heterocycles. The number of benzene rings is 7. The maximum absolute atomic E-state index is 4.35. The van der Waals surface area contributed by atoms with Crippen LogP contribution < -0.4 is 0 Å². The lowest BCUT2D eigenvalue weighted by atomic mass is 9.84. The highest BCUT2D eigenvalue weighted by Gasteiger charge is 2.26. The summed E-state index contributed by atoms with van der Waals surface area (Å²) in [6.45, 7) is 13.2. The summed E-state index contributed by atoms with van der Waals surface area (Å²) in [5.74, 6) is 6.19. The summed E-state index contributed by atoms with van der Waals surface area (Å²) < 4.78 is 0. The number of fused-ring (bicyclic) bond motifs is 6. The third-order valence-electron chi connectivity index (χ3n) is 13.8. The Morgan fingerprint density at radius 3 is 1.97 bits per heavy atom. The molecule has 338 valence electrons. The van der Waals surface area contributed by atoms with Crippen molar-refractivity contribution in [1.82, 2.24) is 0 Å². The van der Waals surface area contributed by atoms with Crippen LogP contribution >= 0.6 is 0 Å². The zero-order chi connectivity index (χ0) is 48.1. The van der Waals surface area contributed by atoms with Gasteiger partial charge in [-0.1, -0.05) is 214 Å². The average molecular weight is 892 g/mol. The smallest absolute Gasteiger partial charge is 0.100 e. The molecule has 1 heteroatoms. The second-order valence-electron chi connectivity index (χ2n) is 17.8. The number of hydrogen-bond donors (Lipinski definition) is 0. The van der Waals surface area contributed by atoms with Crippen molar-refractivity contribution >= 4 is 22.4 Å². The first kappa shape index (κ1) is 47.5. The Morgan fingerprint density at radius 2 is 1.26 bits per heavy atom. The van der Waals surface area contributed by atoms with E-state index in [-0.39, 0.29) is 0 Å². The summed E-state index contributed by atoms with van der Waals surface area (Å²) in [6.07, 6.45) is 22.6. The standard InChI is InChI=1S/C32H24.C22H22.C12H13N.C2H2/c1-4-9-29-24(6-1)18-26-17-16-23(19-31(26)29)21-12-14-22(15-13-21)27-10-5-11-30-28-8-3-2-7-25(28)20-32(27)30;1-4-5-10-19-15-22-20(13-9-14-21(22)17(19)3)16(2)18-11-7-6-8-12-18;1-3-4-10-13-11(2)12-8-6-5-7-9-12;1-2/h1-17,23H,18-20H2;5-14H,2,4,15H2,1,3H3;5-9H,10H2,1-2H3;1-2H/b;10-5-;;. The number of aliphatic imine (C=N–C) groups is 1. The molecule has 0 amide bonds. The van der Waals surface area contributed by atoms with E-state index in [2.05, 4.69) is 220 Å². The number of nitrogens with zero attached hydrogens (tertiary/aromatic N) is 1. The molecule has 1 atom stereocenters. The minimum absolute atomic E-state index is 0.458. The van der Waals surface area contributed by atoms with E-state index in [9.17, 15) is 0 Å². The molecular weight excluding hydrogens is 831 g/mol. The lowest BCUT2D eigenvalue weighted by molar-refractivity contribution is 0.863. The Hall–Kier alpha value is -7.97. The Balaban J connectivity index is 0.000000151. The van der Waals surface area contributed by atoms with Crippen molar-refractivity contribution < 1.29 is 0 Å². The number of terminal acetylenes is 1. The zero-order valence-electron chi connectivity index (χ0n) is 40.6. The van der Waals surface area contributed by atoms with E-state index in [0.29, 0.717) is 12.5 Å². The summed E-state index contributed by atoms with van der Waals surface area (Å²) in [7, 11) is 0. The number of allylic oxidation sites excluding steroid dienone is 8. The largest absolute Gasteiger partial charge is 0.277 e. The van der Waals surface area contributed by atoms with Gasteiger partial charge in [0.15, 0.2) is 0 Å². The van der Waals surface area contributed by atoms with Gasteiger partial charge in [-0.2, -0.15) is 0 Å². The van der Waals surface area contributed by atoms with E-state index in [4.69, 9.17) is 0 Å². The van der Waals surface area contributed by atoms with Crippen LogP contribution in [-0.4, -0.2) is 12.3 Å². The van der Waals surface area contributed by atoms with E-state index in [1.807, 2.05) is 38.1 Å². The van der Waals surface area contributed by atoms with Crippen LogP contribution in [0, 0.1) is 24.7 Å². The van der Waals surface area contributed by atoms with Gasteiger partial charge < -0.3 is 0 Å². The molecule has 7 aromatic carbocycles. The molecule has 1 nitrogen and oxygen atoms in total. The quantitative estimate of drug-likeness (QED) is 0.106. The maximum Gasteiger partial charge on any atom is 0.100 e. The molecule has 4 aliphatic carbocycles. The van der Waals surface area contributed by atoms with E-state index in [0.717, 1.165) is 43.4 Å². The van der Waals surface area contributed by atoms with Gasteiger partial charge in [-0.3, -0.25) is 4.99 Å². The normalized spacial score (nSPS) is 14.6. The fourth-order valence-electron chi connectivity index (χ4n) is 10.1. The first-order valence-corrected chi connectivity index (χ1v) is 24.2. The Morgan fingerprint density at radius 1 is 0.652 bits per heavy atom. The molecule has 0 aliphatic heterocycles. The molecule has 4 aliphatic rings. The topological polar surface area (TPSA) is 12.4 Å². The second kappa shape index (κ2) is 22.7. The number of hydrogen-bond acceptors (Lipinski definition) is 1. The van der Waals surface area contributed by atoms with Gasteiger partial charge >= 0.3 is 0 Å². The monoisotopic (exact) mass is 891 g/mol. The van der Waals surface area contributed by atoms with Gasteiger partial charge in [0.2, 0.25) is 0 Å². The van der Waals surface area contributed by atoms with Crippen molar-refractivity contribution in [3.05, 3.63) is 268 Å². The van der Waals surface area contributed by atoms with Crippen LogP contribution in [-0.2, 0) is 19.3 Å². The molecule has 0 fully saturated rings. The van der Waals surface area contributed by atoms with Gasteiger partial charge in [-0.25, -0.2) is 0 Å². The van der Waals surface area contributed by atoms with Crippen molar-refractivity contribution in [1.29, 1.82) is 0 Å². The van der Waals surface area contributed by atoms with E-state index in [1.54, 1.807) is 5.57 Å². The summed E-state index contributed by atoms with van der Waals surface area (Å²) >= 11 is 0. The van der Waals surface area contributed by atoms with E-state index >= 15 is 0 Å². The highest BCUT2D eigenvalue weighted by molar-refractivity contribution is 5.98. The minimum Gasteiger partial charge on any atom is -0.277 e. The fourth-order valence-corrected chi connectivity index (χ4v) is 10.1. The van der Waals surface area contributed by atoms with Gasteiger partial charge in [-0.05, 0) is 159 Å². The Bertz CT molecular complexity index is 3210. The molecule has 0 N–H and O–H groups in total. The zero-order valence-corrected chi connectivity index (χ0v) is 40.6. The van der Waals surface area contributed by atoms with Gasteiger partial charge in [0.25, 0.3) is 0 Å². The molecule has 69 heavy (non-hydrogen) atoms. The molecule has 0 radical (unpaired) electrons. The lowest BCUT2D eigenvalue weighted by Crippen LogP contribution is -2.02. The molecule has 0 saturated carbocycles. The molecule has 7 aromatic rings. The van der Waals surface area contributed by atoms with Crippen molar-refractivity contribution in [3.8, 4) is 46.9 Å². The fraction of sp³-hybridized carbons (Fsp3) is 0.162. The van der Waals surface area contributed by atoms with Crippen LogP contribution in [0.25, 0.3) is 39.0 Å². The Labute approximate surface area is 412 Å². The van der Waals surface area contributed by atoms with Crippen LogP contribution in [0.3, 0.4) is 0 Å². The summed E-state index contributed by atoms with van der Waals surface area (Å²) in [6, 6.07) is 61.0. The minimum atomic E-state index is 0.458. The van der Waals surface area contributed by atoms with E-state index < -0.39 is 0 Å². The highest BCUT2D eigenvalue weighted by Crippen LogP contribution is 2.45. The van der Waals surface area contributed by atoms with Crippen molar-refractivity contribution in [2.45, 2.75) is 65.7 Å². The highest BCUT2D eigenvalue weighted by atomic mass is 14.7. The summed E-state index contributed by atoms with van der Waals surface area (Å²) in [5.41, 5.74) is 27.3. The third kappa shape index (κ3) is 10.6. The first-order valence-electron chi connectivity index (χ1n) is 24.2. The molecule has 1 unspecified atom stereocenters. The third-order valence-corrected chi connectivity index (χ3v) is 13.8. The maximum atomic E-state index is 4.35. The first-order chi connectivity index (χ1) is 33.9. The predicted molar refractivity (Wildman–Crippen MR) is 297 cm³/mol. The van der Waals surface area contributed by atoms with Crippen LogP contribution in [0.2, 0.25) is 0 Å². The van der Waals surface area contributed by atoms with Crippen LogP contribution in [0.4, 0.5) is 0 Å². The molecule has 0 heterocycles. The van der Waals surface area contributed by atoms with Gasteiger partial charge in [-0.15, -0.1) is 18.8 Å². The van der Waals surface area contributed by atoms with Crippen molar-refractivity contribution in [2.24, 2.45) is 4.99 Å². The van der Waals surface area contributed by atoms with Gasteiger partial charge in [0, 0.05) is 11.6 Å². The van der Waals surface area contributed by atoms with Crippen LogP contribution in [0.1, 0.15) is 102 Å². The second-order valence-corrected chi connectivity index (χ2v) is 17.8. The number of rotatable bonds is 8. The summed E-state index contributed by atoms with van der Waals surface area (Å²) in [5, 5.41) is 0. The van der Waals surface area contributed by atoms with Gasteiger partial charge in [0.05, 0.1) is 0 Å².